The molecule has 0 fully saturated rings. The number of H-pyrrole nitrogens is 1. The van der Waals surface area contributed by atoms with Crippen LogP contribution in [0.15, 0.2) is 30.6 Å². The molecule has 0 spiro atoms. The molecular weight excluding hydrogens is 211 g/mol. The molecule has 0 bridgehead atoms. The Bertz CT molecular complexity index is 510. The van der Waals surface area contributed by atoms with Gasteiger partial charge < -0.3 is 11.1 Å². The van der Waals surface area contributed by atoms with E-state index < -0.39 is 11.7 Å². The molecule has 0 atom stereocenters. The van der Waals surface area contributed by atoms with Crippen LogP contribution in [-0.4, -0.2) is 16.1 Å². The normalized spacial score (nSPS) is 10.1. The fraction of sp³-hybridized carbons (Fsp3) is 0. The highest BCUT2D eigenvalue weighted by atomic mass is 19.1. The number of aromatic amines is 1. The van der Waals surface area contributed by atoms with Gasteiger partial charge in [-0.15, -0.1) is 0 Å². The third-order valence-corrected chi connectivity index (χ3v) is 2.05. The van der Waals surface area contributed by atoms with Gasteiger partial charge in [0.25, 0.3) is 5.91 Å². The first-order chi connectivity index (χ1) is 7.68. The van der Waals surface area contributed by atoms with Crippen LogP contribution in [0.1, 0.15) is 10.4 Å². The van der Waals surface area contributed by atoms with Gasteiger partial charge in [-0.05, 0) is 12.1 Å². The van der Waals surface area contributed by atoms with Crippen molar-refractivity contribution < 1.29 is 9.18 Å². The molecule has 0 radical (unpaired) electrons. The van der Waals surface area contributed by atoms with Crippen LogP contribution in [-0.2, 0) is 0 Å². The molecule has 0 saturated carbocycles. The molecule has 0 unspecified atom stereocenters. The first-order valence-corrected chi connectivity index (χ1v) is 4.52. The number of carbonyl (C=O) groups excluding carboxylic acids is 1. The number of nitrogen functional groups attached to an aromatic ring is 1. The maximum atomic E-state index is 13.1. The van der Waals surface area contributed by atoms with E-state index in [9.17, 15) is 9.18 Å². The lowest BCUT2D eigenvalue weighted by molar-refractivity contribution is 0.102. The molecule has 1 amide bonds. The van der Waals surface area contributed by atoms with Crippen molar-refractivity contribution in [1.82, 2.24) is 10.2 Å². The number of para-hydroxylation sites is 1. The molecule has 5 nitrogen and oxygen atoms in total. The molecule has 82 valence electrons. The van der Waals surface area contributed by atoms with Crippen LogP contribution in [0, 0.1) is 5.82 Å². The Morgan fingerprint density at radius 2 is 2.31 bits per heavy atom. The minimum absolute atomic E-state index is 0.0983. The summed E-state index contributed by atoms with van der Waals surface area (Å²) in [7, 11) is 0. The van der Waals surface area contributed by atoms with Gasteiger partial charge in [-0.2, -0.15) is 5.10 Å². The number of benzene rings is 1. The summed E-state index contributed by atoms with van der Waals surface area (Å²) in [4.78, 5) is 11.7. The van der Waals surface area contributed by atoms with E-state index in [0.717, 1.165) is 0 Å². The number of anilines is 2. The van der Waals surface area contributed by atoms with Crippen molar-refractivity contribution in [2.45, 2.75) is 0 Å². The number of nitrogens with two attached hydrogens (primary N) is 1. The first-order valence-electron chi connectivity index (χ1n) is 4.52. The van der Waals surface area contributed by atoms with Gasteiger partial charge >= 0.3 is 0 Å². The molecule has 1 aromatic heterocycles. The Hall–Kier alpha value is -2.37. The fourth-order valence-electron chi connectivity index (χ4n) is 1.25. The van der Waals surface area contributed by atoms with Gasteiger partial charge in [0.1, 0.15) is 5.82 Å². The largest absolute Gasteiger partial charge is 0.396 e. The van der Waals surface area contributed by atoms with E-state index in [-0.39, 0.29) is 11.3 Å². The molecular formula is C10H9FN4O. The van der Waals surface area contributed by atoms with Crippen molar-refractivity contribution in [3.63, 3.8) is 0 Å². The number of aromatic nitrogens is 2. The highest BCUT2D eigenvalue weighted by Crippen LogP contribution is 2.17. The zero-order chi connectivity index (χ0) is 11.5. The molecule has 1 aromatic carbocycles. The van der Waals surface area contributed by atoms with Gasteiger partial charge in [0.15, 0.2) is 0 Å². The molecule has 0 aliphatic heterocycles. The first kappa shape index (κ1) is 10.2. The van der Waals surface area contributed by atoms with Gasteiger partial charge in [0.05, 0.1) is 23.1 Å². The molecule has 0 aliphatic carbocycles. The molecule has 0 aliphatic rings. The van der Waals surface area contributed by atoms with E-state index in [0.29, 0.717) is 5.69 Å². The SMILES string of the molecule is Nc1c(F)cccc1C(=O)Nc1cn[nH]c1. The molecule has 4 N–H and O–H groups in total. The summed E-state index contributed by atoms with van der Waals surface area (Å²) in [6, 6.07) is 4.08. The monoisotopic (exact) mass is 220 g/mol. The second-order valence-corrected chi connectivity index (χ2v) is 3.14. The van der Waals surface area contributed by atoms with E-state index in [1.807, 2.05) is 0 Å². The summed E-state index contributed by atoms with van der Waals surface area (Å²) in [5, 5.41) is 8.73. The van der Waals surface area contributed by atoms with Crippen molar-refractivity contribution in [2.75, 3.05) is 11.1 Å². The van der Waals surface area contributed by atoms with Crippen LogP contribution in [0.5, 0.6) is 0 Å². The Balaban J connectivity index is 2.24. The van der Waals surface area contributed by atoms with Gasteiger partial charge in [-0.25, -0.2) is 4.39 Å². The minimum Gasteiger partial charge on any atom is -0.396 e. The van der Waals surface area contributed by atoms with E-state index in [1.54, 1.807) is 0 Å². The number of carbonyl (C=O) groups is 1. The molecule has 0 saturated heterocycles. The van der Waals surface area contributed by atoms with Crippen molar-refractivity contribution in [3.05, 3.63) is 42.0 Å². The number of nitrogens with zero attached hydrogens (tertiary/aromatic N) is 1. The molecule has 6 heteroatoms. The number of amides is 1. The van der Waals surface area contributed by atoms with E-state index in [4.69, 9.17) is 5.73 Å². The van der Waals surface area contributed by atoms with E-state index >= 15 is 0 Å². The van der Waals surface area contributed by atoms with Crippen LogP contribution in [0.4, 0.5) is 15.8 Å². The van der Waals surface area contributed by atoms with Crippen LogP contribution < -0.4 is 11.1 Å². The van der Waals surface area contributed by atoms with Gasteiger partial charge in [0, 0.05) is 6.20 Å². The highest BCUT2D eigenvalue weighted by molar-refractivity contribution is 6.07. The summed E-state index contributed by atoms with van der Waals surface area (Å²) >= 11 is 0. The summed E-state index contributed by atoms with van der Waals surface area (Å²) in [5.41, 5.74) is 5.88. The van der Waals surface area contributed by atoms with E-state index in [2.05, 4.69) is 15.5 Å². The maximum Gasteiger partial charge on any atom is 0.257 e. The lowest BCUT2D eigenvalue weighted by Crippen LogP contribution is -2.14. The average Bonchev–Trinajstić information content (AvgIpc) is 2.74. The van der Waals surface area contributed by atoms with Crippen molar-refractivity contribution >= 4 is 17.3 Å². The third kappa shape index (κ3) is 1.85. The molecule has 1 heterocycles. The Morgan fingerprint density at radius 1 is 1.50 bits per heavy atom. The number of rotatable bonds is 2. The van der Waals surface area contributed by atoms with Crippen LogP contribution in [0.2, 0.25) is 0 Å². The standard InChI is InChI=1S/C10H9FN4O/c11-8-3-1-2-7(9(8)12)10(16)15-6-4-13-14-5-6/h1-5H,12H2,(H,13,14)(H,15,16). The minimum atomic E-state index is -0.611. The number of hydrogen-bond acceptors (Lipinski definition) is 3. The fourth-order valence-corrected chi connectivity index (χ4v) is 1.25. The van der Waals surface area contributed by atoms with E-state index in [1.165, 1.54) is 30.6 Å². The lowest BCUT2D eigenvalue weighted by Gasteiger charge is -2.05. The summed E-state index contributed by atoms with van der Waals surface area (Å²) in [6.45, 7) is 0. The van der Waals surface area contributed by atoms with Crippen molar-refractivity contribution in [1.29, 1.82) is 0 Å². The van der Waals surface area contributed by atoms with Crippen LogP contribution in [0.3, 0.4) is 0 Å². The van der Waals surface area contributed by atoms with Gasteiger partial charge in [-0.3, -0.25) is 9.89 Å². The van der Waals surface area contributed by atoms with Crippen molar-refractivity contribution in [3.8, 4) is 0 Å². The second-order valence-electron chi connectivity index (χ2n) is 3.14. The Labute approximate surface area is 90.5 Å². The summed E-state index contributed by atoms with van der Waals surface area (Å²) in [5.74, 6) is -1.08. The lowest BCUT2D eigenvalue weighted by atomic mass is 10.1. The number of halogens is 1. The average molecular weight is 220 g/mol. The third-order valence-electron chi connectivity index (χ3n) is 2.05. The summed E-state index contributed by atoms with van der Waals surface area (Å²) in [6.07, 6.45) is 2.95. The number of hydrogen-bond donors (Lipinski definition) is 3. The van der Waals surface area contributed by atoms with Crippen LogP contribution in [0.25, 0.3) is 0 Å². The topological polar surface area (TPSA) is 83.8 Å². The van der Waals surface area contributed by atoms with Gasteiger partial charge in [-0.1, -0.05) is 6.07 Å². The Kier molecular flexibility index (Phi) is 2.55. The summed E-state index contributed by atoms with van der Waals surface area (Å²) < 4.78 is 13.1. The molecule has 2 aromatic rings. The molecule has 16 heavy (non-hydrogen) atoms. The smallest absolute Gasteiger partial charge is 0.257 e. The zero-order valence-electron chi connectivity index (χ0n) is 8.20. The zero-order valence-corrected chi connectivity index (χ0v) is 8.20. The quantitative estimate of drug-likeness (QED) is 0.668. The highest BCUT2D eigenvalue weighted by Gasteiger charge is 2.12. The maximum absolute atomic E-state index is 13.1. The molecule has 2 rings (SSSR count). The predicted molar refractivity (Wildman–Crippen MR) is 57.4 cm³/mol. The van der Waals surface area contributed by atoms with Crippen LogP contribution >= 0.6 is 0 Å². The van der Waals surface area contributed by atoms with Crippen molar-refractivity contribution in [2.24, 2.45) is 0 Å². The van der Waals surface area contributed by atoms with Gasteiger partial charge in [0.2, 0.25) is 0 Å². The predicted octanol–water partition coefficient (Wildman–Crippen LogP) is 1.38. The Morgan fingerprint density at radius 3 is 3.00 bits per heavy atom. The second kappa shape index (κ2) is 4.01. The number of nitrogens with one attached hydrogen (secondary N) is 2.